The molecule has 4 nitrogen and oxygen atoms in total. The molecule has 0 fully saturated rings. The van der Waals surface area contributed by atoms with E-state index in [0.29, 0.717) is 13.3 Å². The van der Waals surface area contributed by atoms with E-state index in [9.17, 15) is 0 Å². The molecule has 1 aromatic carbocycles. The third-order valence-electron chi connectivity index (χ3n) is 2.10. The average Bonchev–Trinajstić information content (AvgIpc) is 2.74. The SMILES string of the molecule is CCOc1ccc(CC2=NCN=N2)cc1. The van der Waals surface area contributed by atoms with E-state index in [-0.39, 0.29) is 0 Å². The second kappa shape index (κ2) is 4.68. The molecule has 0 spiro atoms. The van der Waals surface area contributed by atoms with Crippen LogP contribution in [0.4, 0.5) is 0 Å². The van der Waals surface area contributed by atoms with E-state index in [0.717, 1.165) is 18.0 Å². The molecule has 2 rings (SSSR count). The van der Waals surface area contributed by atoms with Gasteiger partial charge in [-0.05, 0) is 24.6 Å². The van der Waals surface area contributed by atoms with Crippen LogP contribution in [0.1, 0.15) is 12.5 Å². The van der Waals surface area contributed by atoms with Gasteiger partial charge in [0, 0.05) is 6.42 Å². The van der Waals surface area contributed by atoms with E-state index >= 15 is 0 Å². The third-order valence-corrected chi connectivity index (χ3v) is 2.10. The lowest BCUT2D eigenvalue weighted by Crippen LogP contribution is -1.97. The minimum atomic E-state index is 0.479. The molecule has 78 valence electrons. The van der Waals surface area contributed by atoms with E-state index in [1.54, 1.807) is 0 Å². The highest BCUT2D eigenvalue weighted by Gasteiger charge is 2.04. The van der Waals surface area contributed by atoms with E-state index < -0.39 is 0 Å². The van der Waals surface area contributed by atoms with Crippen LogP contribution >= 0.6 is 0 Å². The summed E-state index contributed by atoms with van der Waals surface area (Å²) in [7, 11) is 0. The van der Waals surface area contributed by atoms with Gasteiger partial charge < -0.3 is 4.74 Å². The monoisotopic (exact) mass is 203 g/mol. The lowest BCUT2D eigenvalue weighted by Gasteiger charge is -2.03. The van der Waals surface area contributed by atoms with Crippen LogP contribution in [0.25, 0.3) is 0 Å². The van der Waals surface area contributed by atoms with Crippen LogP contribution in [0.2, 0.25) is 0 Å². The van der Waals surface area contributed by atoms with Crippen molar-refractivity contribution in [2.75, 3.05) is 13.3 Å². The summed E-state index contributed by atoms with van der Waals surface area (Å²) in [5, 5.41) is 7.74. The standard InChI is InChI=1S/C11H13N3O/c1-2-15-10-5-3-9(4-6-10)7-11-12-8-13-14-11/h3-6H,2,7-8H2,1H3. The van der Waals surface area contributed by atoms with Gasteiger partial charge in [0.1, 0.15) is 5.75 Å². The molecule has 1 aliphatic heterocycles. The van der Waals surface area contributed by atoms with E-state index in [1.807, 2.05) is 31.2 Å². The van der Waals surface area contributed by atoms with Gasteiger partial charge in [0.2, 0.25) is 0 Å². The molecule has 0 N–H and O–H groups in total. The van der Waals surface area contributed by atoms with Crippen molar-refractivity contribution >= 4 is 5.84 Å². The van der Waals surface area contributed by atoms with Gasteiger partial charge >= 0.3 is 0 Å². The Balaban J connectivity index is 2.00. The topological polar surface area (TPSA) is 46.3 Å². The summed E-state index contributed by atoms with van der Waals surface area (Å²) in [5.74, 6) is 1.70. The Morgan fingerprint density at radius 3 is 2.67 bits per heavy atom. The first-order valence-corrected chi connectivity index (χ1v) is 5.01. The quantitative estimate of drug-likeness (QED) is 0.741. The normalized spacial score (nSPS) is 14.1. The van der Waals surface area contributed by atoms with Gasteiger partial charge in [0.15, 0.2) is 12.5 Å². The summed E-state index contributed by atoms with van der Waals surface area (Å²) in [5.41, 5.74) is 1.18. The van der Waals surface area contributed by atoms with Gasteiger partial charge in [0.25, 0.3) is 0 Å². The van der Waals surface area contributed by atoms with E-state index in [1.165, 1.54) is 5.56 Å². The van der Waals surface area contributed by atoms with Crippen LogP contribution in [-0.4, -0.2) is 19.1 Å². The number of azo groups is 1. The maximum atomic E-state index is 5.36. The molecule has 1 aromatic rings. The van der Waals surface area contributed by atoms with Crippen molar-refractivity contribution in [1.29, 1.82) is 0 Å². The Labute approximate surface area is 88.7 Å². The lowest BCUT2D eigenvalue weighted by atomic mass is 10.1. The predicted octanol–water partition coefficient (Wildman–Crippen LogP) is 2.45. The van der Waals surface area contributed by atoms with Crippen molar-refractivity contribution in [3.63, 3.8) is 0 Å². The molecule has 0 bridgehead atoms. The molecule has 0 amide bonds. The minimum absolute atomic E-state index is 0.479. The Morgan fingerprint density at radius 2 is 2.07 bits per heavy atom. The van der Waals surface area contributed by atoms with Gasteiger partial charge in [-0.1, -0.05) is 12.1 Å². The summed E-state index contributed by atoms with van der Waals surface area (Å²) < 4.78 is 5.36. The van der Waals surface area contributed by atoms with Gasteiger partial charge in [-0.2, -0.15) is 5.11 Å². The van der Waals surface area contributed by atoms with Crippen molar-refractivity contribution in [3.05, 3.63) is 29.8 Å². The zero-order valence-corrected chi connectivity index (χ0v) is 8.68. The van der Waals surface area contributed by atoms with Gasteiger partial charge in [0.05, 0.1) is 6.61 Å². The van der Waals surface area contributed by atoms with Gasteiger partial charge in [-0.25, -0.2) is 4.99 Å². The zero-order chi connectivity index (χ0) is 10.5. The molecular formula is C11H13N3O. The molecule has 0 saturated heterocycles. The summed E-state index contributed by atoms with van der Waals surface area (Å²) in [4.78, 5) is 4.14. The highest BCUT2D eigenvalue weighted by atomic mass is 16.5. The molecule has 0 radical (unpaired) electrons. The van der Waals surface area contributed by atoms with Gasteiger partial charge in [-0.15, -0.1) is 5.11 Å². The van der Waals surface area contributed by atoms with Crippen LogP contribution in [0.3, 0.4) is 0 Å². The maximum Gasteiger partial charge on any atom is 0.152 e. The largest absolute Gasteiger partial charge is 0.494 e. The molecule has 1 aliphatic rings. The fourth-order valence-corrected chi connectivity index (χ4v) is 1.40. The lowest BCUT2D eigenvalue weighted by molar-refractivity contribution is 0.340. The second-order valence-electron chi connectivity index (χ2n) is 3.21. The number of benzene rings is 1. The first-order chi connectivity index (χ1) is 7.38. The van der Waals surface area contributed by atoms with Crippen molar-refractivity contribution < 1.29 is 4.74 Å². The van der Waals surface area contributed by atoms with Crippen molar-refractivity contribution in [3.8, 4) is 5.75 Å². The van der Waals surface area contributed by atoms with Gasteiger partial charge in [-0.3, -0.25) is 0 Å². The fourth-order valence-electron chi connectivity index (χ4n) is 1.40. The van der Waals surface area contributed by atoms with Crippen molar-refractivity contribution in [1.82, 2.24) is 0 Å². The first-order valence-electron chi connectivity index (χ1n) is 5.01. The predicted molar refractivity (Wildman–Crippen MR) is 58.5 cm³/mol. The van der Waals surface area contributed by atoms with Crippen LogP contribution < -0.4 is 4.74 Å². The Bertz CT molecular complexity index is 381. The average molecular weight is 203 g/mol. The molecule has 0 saturated carbocycles. The smallest absolute Gasteiger partial charge is 0.152 e. The van der Waals surface area contributed by atoms with Crippen LogP contribution in [0.15, 0.2) is 39.5 Å². The third kappa shape index (κ3) is 2.62. The second-order valence-corrected chi connectivity index (χ2v) is 3.21. The zero-order valence-electron chi connectivity index (χ0n) is 8.68. The van der Waals surface area contributed by atoms with Crippen molar-refractivity contribution in [2.24, 2.45) is 15.2 Å². The first kappa shape index (κ1) is 9.83. The molecular weight excluding hydrogens is 190 g/mol. The van der Waals surface area contributed by atoms with E-state index in [2.05, 4.69) is 15.2 Å². The molecule has 0 atom stereocenters. The Kier molecular flexibility index (Phi) is 3.07. The number of ether oxygens (including phenoxy) is 1. The summed E-state index contributed by atoms with van der Waals surface area (Å²) >= 11 is 0. The summed E-state index contributed by atoms with van der Waals surface area (Å²) in [6, 6.07) is 7.99. The summed E-state index contributed by atoms with van der Waals surface area (Å²) in [6.07, 6.45) is 0.746. The number of hydrogen-bond donors (Lipinski definition) is 0. The van der Waals surface area contributed by atoms with Crippen LogP contribution in [0.5, 0.6) is 5.75 Å². The summed E-state index contributed by atoms with van der Waals surface area (Å²) in [6.45, 7) is 3.15. The molecule has 0 aromatic heterocycles. The fraction of sp³-hybridized carbons (Fsp3) is 0.364. The molecule has 0 unspecified atom stereocenters. The molecule has 1 heterocycles. The van der Waals surface area contributed by atoms with E-state index in [4.69, 9.17) is 4.74 Å². The number of aliphatic imine (C=N–C) groups is 1. The molecule has 0 aliphatic carbocycles. The molecule has 4 heteroatoms. The van der Waals surface area contributed by atoms with Crippen LogP contribution in [-0.2, 0) is 6.42 Å². The highest BCUT2D eigenvalue weighted by molar-refractivity contribution is 5.85. The van der Waals surface area contributed by atoms with Crippen molar-refractivity contribution in [2.45, 2.75) is 13.3 Å². The number of nitrogens with zero attached hydrogens (tertiary/aromatic N) is 3. The Hall–Kier alpha value is -1.71. The maximum absolute atomic E-state index is 5.36. The Morgan fingerprint density at radius 1 is 1.27 bits per heavy atom. The molecule has 15 heavy (non-hydrogen) atoms. The van der Waals surface area contributed by atoms with Crippen LogP contribution in [0, 0.1) is 0 Å². The minimum Gasteiger partial charge on any atom is -0.494 e. The number of rotatable bonds is 4. The number of hydrogen-bond acceptors (Lipinski definition) is 4. The highest BCUT2D eigenvalue weighted by Crippen LogP contribution is 2.13. The number of amidine groups is 1.